The van der Waals surface area contributed by atoms with Gasteiger partial charge in [0.2, 0.25) is 0 Å². The van der Waals surface area contributed by atoms with Crippen molar-refractivity contribution in [2.24, 2.45) is 0 Å². The fourth-order valence-electron chi connectivity index (χ4n) is 1.81. The number of aromatic amines is 1. The van der Waals surface area contributed by atoms with Gasteiger partial charge in [0.25, 0.3) is 0 Å². The summed E-state index contributed by atoms with van der Waals surface area (Å²) in [6, 6.07) is 5.67. The van der Waals surface area contributed by atoms with E-state index in [1.54, 1.807) is 13.2 Å². The normalized spacial score (nSPS) is 10.4. The van der Waals surface area contributed by atoms with Crippen molar-refractivity contribution in [3.8, 4) is 5.75 Å². The number of hydrogen-bond acceptors (Lipinski definition) is 3. The van der Waals surface area contributed by atoms with Crippen molar-refractivity contribution in [2.75, 3.05) is 7.11 Å². The molecule has 0 spiro atoms. The third kappa shape index (κ3) is 3.05. The van der Waals surface area contributed by atoms with Crippen LogP contribution >= 0.6 is 23.8 Å². The summed E-state index contributed by atoms with van der Waals surface area (Å²) in [5, 5.41) is 7.60. The van der Waals surface area contributed by atoms with Crippen LogP contribution in [-0.4, -0.2) is 21.9 Å². The molecule has 4 nitrogen and oxygen atoms in total. The molecule has 0 bridgehead atoms. The number of nitrogens with one attached hydrogen (secondary N) is 1. The Balaban J connectivity index is 2.28. The van der Waals surface area contributed by atoms with E-state index in [2.05, 4.69) is 16.8 Å². The lowest BCUT2D eigenvalue weighted by Gasteiger charge is -2.07. The van der Waals surface area contributed by atoms with Crippen molar-refractivity contribution >= 4 is 23.8 Å². The maximum Gasteiger partial charge on any atom is 0.195 e. The molecule has 1 aromatic heterocycles. The van der Waals surface area contributed by atoms with Gasteiger partial charge in [-0.15, -0.1) is 6.58 Å². The number of hydrogen-bond donors (Lipinski definition) is 1. The molecular weight excluding hydrogens is 282 g/mol. The van der Waals surface area contributed by atoms with Gasteiger partial charge >= 0.3 is 0 Å². The van der Waals surface area contributed by atoms with E-state index in [9.17, 15) is 0 Å². The minimum Gasteiger partial charge on any atom is -0.495 e. The number of nitrogens with zero attached hydrogens (tertiary/aromatic N) is 2. The predicted molar refractivity (Wildman–Crippen MR) is 78.4 cm³/mol. The van der Waals surface area contributed by atoms with Crippen LogP contribution in [0.1, 0.15) is 11.4 Å². The van der Waals surface area contributed by atoms with Crippen LogP contribution in [0.2, 0.25) is 5.02 Å². The molecule has 0 aliphatic heterocycles. The second-order valence-electron chi connectivity index (χ2n) is 3.99. The molecule has 19 heavy (non-hydrogen) atoms. The van der Waals surface area contributed by atoms with Crippen LogP contribution in [0.5, 0.6) is 5.75 Å². The highest BCUT2D eigenvalue weighted by Crippen LogP contribution is 2.25. The summed E-state index contributed by atoms with van der Waals surface area (Å²) < 4.78 is 7.62. The maximum atomic E-state index is 6.11. The number of aromatic nitrogens is 3. The van der Waals surface area contributed by atoms with Gasteiger partial charge in [-0.3, -0.25) is 9.67 Å². The van der Waals surface area contributed by atoms with E-state index in [0.29, 0.717) is 28.5 Å². The van der Waals surface area contributed by atoms with Crippen molar-refractivity contribution in [3.63, 3.8) is 0 Å². The zero-order valence-corrected chi connectivity index (χ0v) is 12.1. The zero-order valence-electron chi connectivity index (χ0n) is 10.5. The van der Waals surface area contributed by atoms with Gasteiger partial charge in [-0.05, 0) is 29.9 Å². The van der Waals surface area contributed by atoms with Crippen LogP contribution in [-0.2, 0) is 13.0 Å². The van der Waals surface area contributed by atoms with Gasteiger partial charge in [-0.1, -0.05) is 23.7 Å². The molecule has 2 aromatic rings. The molecule has 0 atom stereocenters. The predicted octanol–water partition coefficient (Wildman–Crippen LogP) is 3.38. The Morgan fingerprint density at radius 2 is 2.37 bits per heavy atom. The molecule has 0 unspecified atom stereocenters. The number of rotatable bonds is 5. The number of H-pyrrole nitrogens is 1. The summed E-state index contributed by atoms with van der Waals surface area (Å²) >= 11 is 11.3. The molecule has 1 N–H and O–H groups in total. The highest BCUT2D eigenvalue weighted by atomic mass is 35.5. The largest absolute Gasteiger partial charge is 0.495 e. The van der Waals surface area contributed by atoms with E-state index in [1.807, 2.05) is 22.8 Å². The Kier molecular flexibility index (Phi) is 4.39. The van der Waals surface area contributed by atoms with Crippen LogP contribution < -0.4 is 4.74 Å². The van der Waals surface area contributed by atoms with Crippen LogP contribution in [0.4, 0.5) is 0 Å². The number of allylic oxidation sites excluding steroid dienone is 1. The number of methoxy groups -OCH3 is 1. The first kappa shape index (κ1) is 13.8. The van der Waals surface area contributed by atoms with Crippen molar-refractivity contribution in [2.45, 2.75) is 13.0 Å². The van der Waals surface area contributed by atoms with Gasteiger partial charge in [0, 0.05) is 13.0 Å². The lowest BCUT2D eigenvalue weighted by molar-refractivity contribution is 0.415. The average Bonchev–Trinajstić information content (AvgIpc) is 2.72. The molecular formula is C13H14ClN3OS. The fourth-order valence-corrected chi connectivity index (χ4v) is 2.31. The minimum absolute atomic E-state index is 0.587. The summed E-state index contributed by atoms with van der Waals surface area (Å²) in [6.45, 7) is 4.35. The molecule has 0 fully saturated rings. The van der Waals surface area contributed by atoms with Crippen molar-refractivity contribution in [1.29, 1.82) is 0 Å². The van der Waals surface area contributed by atoms with E-state index < -0.39 is 0 Å². The first-order valence-electron chi connectivity index (χ1n) is 5.73. The summed E-state index contributed by atoms with van der Waals surface area (Å²) in [7, 11) is 1.59. The Hall–Kier alpha value is -1.59. The topological polar surface area (TPSA) is 42.8 Å². The molecule has 0 aliphatic carbocycles. The third-order valence-electron chi connectivity index (χ3n) is 2.73. The highest BCUT2D eigenvalue weighted by molar-refractivity contribution is 7.71. The number of halogens is 1. The smallest absolute Gasteiger partial charge is 0.195 e. The second kappa shape index (κ2) is 6.04. The van der Waals surface area contributed by atoms with Gasteiger partial charge in [0.1, 0.15) is 11.6 Å². The van der Waals surface area contributed by atoms with Gasteiger partial charge < -0.3 is 4.74 Å². The summed E-state index contributed by atoms with van der Waals surface area (Å²) in [4.78, 5) is 0. The first-order chi connectivity index (χ1) is 9.15. The molecule has 2 rings (SSSR count). The molecule has 0 amide bonds. The van der Waals surface area contributed by atoms with E-state index in [4.69, 9.17) is 28.6 Å². The van der Waals surface area contributed by atoms with Crippen LogP contribution in [0.25, 0.3) is 0 Å². The molecule has 100 valence electrons. The molecule has 1 aromatic carbocycles. The van der Waals surface area contributed by atoms with Crippen LogP contribution in [0.3, 0.4) is 0 Å². The quantitative estimate of drug-likeness (QED) is 0.679. The Morgan fingerprint density at radius 1 is 1.58 bits per heavy atom. The van der Waals surface area contributed by atoms with Crippen LogP contribution in [0.15, 0.2) is 30.9 Å². The highest BCUT2D eigenvalue weighted by Gasteiger charge is 2.08. The SMILES string of the molecule is C=CCn1c(Cc2ccc(OC)c(Cl)c2)n[nH]c1=S. The van der Waals surface area contributed by atoms with Gasteiger partial charge in [-0.2, -0.15) is 5.10 Å². The van der Waals surface area contributed by atoms with Gasteiger partial charge in [0.15, 0.2) is 4.77 Å². The standard InChI is InChI=1S/C13H14ClN3OS/c1-3-6-17-12(15-16-13(17)19)8-9-4-5-11(18-2)10(14)7-9/h3-5,7H,1,6,8H2,2H3,(H,16,19). The first-order valence-corrected chi connectivity index (χ1v) is 6.51. The minimum atomic E-state index is 0.587. The van der Waals surface area contributed by atoms with Gasteiger partial charge in [0.05, 0.1) is 12.1 Å². The van der Waals surface area contributed by atoms with Crippen molar-refractivity contribution < 1.29 is 4.74 Å². The van der Waals surface area contributed by atoms with E-state index in [1.165, 1.54) is 0 Å². The summed E-state index contributed by atoms with van der Waals surface area (Å²) in [5.41, 5.74) is 1.05. The average molecular weight is 296 g/mol. The molecule has 0 radical (unpaired) electrons. The second-order valence-corrected chi connectivity index (χ2v) is 4.78. The lowest BCUT2D eigenvalue weighted by Crippen LogP contribution is -2.03. The van der Waals surface area contributed by atoms with Gasteiger partial charge in [-0.25, -0.2) is 0 Å². The Bertz CT molecular complexity index is 648. The van der Waals surface area contributed by atoms with E-state index in [0.717, 1.165) is 11.4 Å². The van der Waals surface area contributed by atoms with Crippen molar-refractivity contribution in [1.82, 2.24) is 14.8 Å². The molecule has 0 aliphatic rings. The molecule has 1 heterocycles. The fraction of sp³-hybridized carbons (Fsp3) is 0.231. The Labute approximate surface area is 121 Å². The third-order valence-corrected chi connectivity index (χ3v) is 3.33. The zero-order chi connectivity index (χ0) is 13.8. The van der Waals surface area contributed by atoms with E-state index >= 15 is 0 Å². The van der Waals surface area contributed by atoms with Crippen LogP contribution in [0, 0.1) is 4.77 Å². The van der Waals surface area contributed by atoms with E-state index in [-0.39, 0.29) is 0 Å². The lowest BCUT2D eigenvalue weighted by atomic mass is 10.1. The molecule has 6 heteroatoms. The maximum absolute atomic E-state index is 6.11. The number of benzene rings is 1. The molecule has 0 saturated carbocycles. The van der Waals surface area contributed by atoms with Crippen molar-refractivity contribution in [3.05, 3.63) is 52.0 Å². The monoisotopic (exact) mass is 295 g/mol. The number of ether oxygens (including phenoxy) is 1. The summed E-state index contributed by atoms with van der Waals surface area (Å²) in [6.07, 6.45) is 2.43. The Morgan fingerprint density at radius 3 is 3.00 bits per heavy atom. The molecule has 0 saturated heterocycles. The summed E-state index contributed by atoms with van der Waals surface area (Å²) in [5.74, 6) is 1.52.